The van der Waals surface area contributed by atoms with Crippen molar-refractivity contribution in [2.75, 3.05) is 13.6 Å². The zero-order chi connectivity index (χ0) is 7.94. The Hall–Kier alpha value is -0.760. The number of hydrogen-bond acceptors (Lipinski definition) is 1. The molecule has 0 fully saturated rings. The normalized spacial score (nSPS) is 10.3. The topological polar surface area (TPSA) is 27.8 Å². The molecule has 0 saturated heterocycles. The molecule has 0 radical (unpaired) electrons. The van der Waals surface area contributed by atoms with Crippen LogP contribution in [0.5, 0.6) is 0 Å². The van der Waals surface area contributed by atoms with Crippen LogP contribution < -0.4 is 5.32 Å². The van der Waals surface area contributed by atoms with E-state index in [0.29, 0.717) is 0 Å². The number of aryl methyl sites for hydroxylation is 1. The number of H-pyrrole nitrogens is 1. The van der Waals surface area contributed by atoms with E-state index in [1.807, 2.05) is 13.2 Å². The molecule has 0 aliphatic rings. The maximum atomic E-state index is 3.14. The van der Waals surface area contributed by atoms with Crippen LogP contribution in [0.1, 0.15) is 18.4 Å². The van der Waals surface area contributed by atoms with Crippen molar-refractivity contribution in [1.29, 1.82) is 0 Å². The van der Waals surface area contributed by atoms with E-state index < -0.39 is 0 Å². The van der Waals surface area contributed by atoms with E-state index in [4.69, 9.17) is 0 Å². The highest BCUT2D eigenvalue weighted by Gasteiger charge is 1.91. The van der Waals surface area contributed by atoms with E-state index in [9.17, 15) is 0 Å². The second-order valence-corrected chi connectivity index (χ2v) is 2.78. The number of aromatic nitrogens is 1. The van der Waals surface area contributed by atoms with Crippen molar-refractivity contribution in [3.8, 4) is 0 Å². The largest absolute Gasteiger partial charge is 0.367 e. The lowest BCUT2D eigenvalue weighted by atomic mass is 10.1. The van der Waals surface area contributed by atoms with Crippen LogP contribution in [0.25, 0.3) is 0 Å². The van der Waals surface area contributed by atoms with Gasteiger partial charge in [0.15, 0.2) is 0 Å². The van der Waals surface area contributed by atoms with Crippen LogP contribution in [-0.4, -0.2) is 18.6 Å². The Kier molecular flexibility index (Phi) is 3.76. The second kappa shape index (κ2) is 4.97. The quantitative estimate of drug-likeness (QED) is 0.616. The first kappa shape index (κ1) is 8.34. The van der Waals surface area contributed by atoms with Crippen LogP contribution in [0.3, 0.4) is 0 Å². The lowest BCUT2D eigenvalue weighted by Crippen LogP contribution is -2.07. The lowest BCUT2D eigenvalue weighted by Gasteiger charge is -1.97. The van der Waals surface area contributed by atoms with Crippen molar-refractivity contribution in [3.05, 3.63) is 24.0 Å². The van der Waals surface area contributed by atoms with Gasteiger partial charge in [0.1, 0.15) is 0 Å². The van der Waals surface area contributed by atoms with Gasteiger partial charge in [-0.15, -0.1) is 0 Å². The fourth-order valence-corrected chi connectivity index (χ4v) is 1.14. The van der Waals surface area contributed by atoms with Crippen LogP contribution in [0, 0.1) is 0 Å². The molecule has 1 aromatic heterocycles. The van der Waals surface area contributed by atoms with Crippen molar-refractivity contribution in [2.45, 2.75) is 19.3 Å². The second-order valence-electron chi connectivity index (χ2n) is 2.78. The van der Waals surface area contributed by atoms with Gasteiger partial charge in [0.2, 0.25) is 0 Å². The summed E-state index contributed by atoms with van der Waals surface area (Å²) in [6.07, 6.45) is 7.79. The fourth-order valence-electron chi connectivity index (χ4n) is 1.14. The third kappa shape index (κ3) is 3.23. The molecular weight excluding hydrogens is 136 g/mol. The average molecular weight is 152 g/mol. The minimum Gasteiger partial charge on any atom is -0.367 e. The number of nitrogens with one attached hydrogen (secondary N) is 2. The van der Waals surface area contributed by atoms with Gasteiger partial charge in [0.05, 0.1) is 0 Å². The molecule has 11 heavy (non-hydrogen) atoms. The van der Waals surface area contributed by atoms with Crippen LogP contribution in [0.2, 0.25) is 0 Å². The van der Waals surface area contributed by atoms with Crippen molar-refractivity contribution in [1.82, 2.24) is 10.3 Å². The van der Waals surface area contributed by atoms with Gasteiger partial charge in [0.25, 0.3) is 0 Å². The monoisotopic (exact) mass is 152 g/mol. The summed E-state index contributed by atoms with van der Waals surface area (Å²) >= 11 is 0. The third-order valence-corrected chi connectivity index (χ3v) is 1.80. The van der Waals surface area contributed by atoms with E-state index in [0.717, 1.165) is 6.54 Å². The minimum absolute atomic E-state index is 1.13. The summed E-state index contributed by atoms with van der Waals surface area (Å²) in [7, 11) is 2.00. The van der Waals surface area contributed by atoms with E-state index in [1.165, 1.54) is 24.8 Å². The third-order valence-electron chi connectivity index (χ3n) is 1.80. The summed E-state index contributed by atoms with van der Waals surface area (Å²) in [4.78, 5) is 3.06. The highest BCUT2D eigenvalue weighted by atomic mass is 14.8. The Bertz CT molecular complexity index is 168. The molecule has 62 valence electrons. The predicted octanol–water partition coefficient (Wildman–Crippen LogP) is 1.56. The van der Waals surface area contributed by atoms with Crippen molar-refractivity contribution >= 4 is 0 Å². The van der Waals surface area contributed by atoms with Gasteiger partial charge < -0.3 is 10.3 Å². The Morgan fingerprint density at radius 1 is 1.45 bits per heavy atom. The first-order valence-electron chi connectivity index (χ1n) is 4.20. The van der Waals surface area contributed by atoms with Crippen molar-refractivity contribution < 1.29 is 0 Å². The van der Waals surface area contributed by atoms with Gasteiger partial charge in [-0.3, -0.25) is 0 Å². The van der Waals surface area contributed by atoms with Crippen molar-refractivity contribution in [2.24, 2.45) is 0 Å². The SMILES string of the molecule is CNCCCCc1cc[nH]c1. The molecule has 0 aliphatic carbocycles. The molecule has 0 amide bonds. The molecule has 2 N–H and O–H groups in total. The molecule has 1 heterocycles. The first-order chi connectivity index (χ1) is 5.43. The zero-order valence-electron chi connectivity index (χ0n) is 7.06. The summed E-state index contributed by atoms with van der Waals surface area (Å²) in [6, 6.07) is 2.14. The van der Waals surface area contributed by atoms with Gasteiger partial charge in [-0.05, 0) is 44.5 Å². The molecule has 2 heteroatoms. The molecule has 0 unspecified atom stereocenters. The summed E-state index contributed by atoms with van der Waals surface area (Å²) in [5.74, 6) is 0. The molecule has 0 aromatic carbocycles. The average Bonchev–Trinajstić information content (AvgIpc) is 2.50. The van der Waals surface area contributed by atoms with Crippen LogP contribution in [0.4, 0.5) is 0 Å². The Labute approximate surface area is 68.0 Å². The maximum absolute atomic E-state index is 3.14. The number of aromatic amines is 1. The summed E-state index contributed by atoms with van der Waals surface area (Å²) in [5.41, 5.74) is 1.42. The number of rotatable bonds is 5. The van der Waals surface area contributed by atoms with Gasteiger partial charge in [0, 0.05) is 12.4 Å². The van der Waals surface area contributed by atoms with E-state index >= 15 is 0 Å². The van der Waals surface area contributed by atoms with E-state index in [-0.39, 0.29) is 0 Å². The Morgan fingerprint density at radius 3 is 3.00 bits per heavy atom. The molecule has 0 spiro atoms. The maximum Gasteiger partial charge on any atom is 0.00373 e. The number of unbranched alkanes of at least 4 members (excludes halogenated alkanes) is 1. The summed E-state index contributed by atoms with van der Waals surface area (Å²) in [6.45, 7) is 1.13. The molecule has 1 rings (SSSR count). The van der Waals surface area contributed by atoms with Gasteiger partial charge in [-0.1, -0.05) is 0 Å². The fraction of sp³-hybridized carbons (Fsp3) is 0.556. The van der Waals surface area contributed by atoms with Crippen LogP contribution in [-0.2, 0) is 6.42 Å². The predicted molar refractivity (Wildman–Crippen MR) is 47.7 cm³/mol. The highest BCUT2D eigenvalue weighted by Crippen LogP contribution is 2.02. The Balaban J connectivity index is 2.04. The lowest BCUT2D eigenvalue weighted by molar-refractivity contribution is 0.677. The van der Waals surface area contributed by atoms with Gasteiger partial charge in [-0.25, -0.2) is 0 Å². The molecule has 0 atom stereocenters. The van der Waals surface area contributed by atoms with Crippen LogP contribution in [0.15, 0.2) is 18.5 Å². The molecule has 2 nitrogen and oxygen atoms in total. The summed E-state index contributed by atoms with van der Waals surface area (Å²) in [5, 5.41) is 3.14. The van der Waals surface area contributed by atoms with Gasteiger partial charge >= 0.3 is 0 Å². The molecule has 0 bridgehead atoms. The molecular formula is C9H16N2. The van der Waals surface area contributed by atoms with Gasteiger partial charge in [-0.2, -0.15) is 0 Å². The minimum atomic E-state index is 1.13. The smallest absolute Gasteiger partial charge is 0.00373 e. The molecule has 0 saturated carbocycles. The highest BCUT2D eigenvalue weighted by molar-refractivity contribution is 5.07. The van der Waals surface area contributed by atoms with E-state index in [2.05, 4.69) is 22.6 Å². The molecule has 0 aliphatic heterocycles. The summed E-state index contributed by atoms with van der Waals surface area (Å²) < 4.78 is 0. The molecule has 1 aromatic rings. The first-order valence-corrected chi connectivity index (χ1v) is 4.20. The number of hydrogen-bond donors (Lipinski definition) is 2. The Morgan fingerprint density at radius 2 is 2.36 bits per heavy atom. The van der Waals surface area contributed by atoms with E-state index in [1.54, 1.807) is 0 Å². The standard InChI is InChI=1S/C9H16N2/c1-10-6-3-2-4-9-5-7-11-8-9/h5,7-8,10-11H,2-4,6H2,1H3. The zero-order valence-corrected chi connectivity index (χ0v) is 7.06. The van der Waals surface area contributed by atoms with Crippen molar-refractivity contribution in [3.63, 3.8) is 0 Å². The van der Waals surface area contributed by atoms with Crippen LogP contribution >= 0.6 is 0 Å².